The summed E-state index contributed by atoms with van der Waals surface area (Å²) in [7, 11) is 0. The smallest absolute Gasteiger partial charge is 0.224 e. The number of piperidine rings is 1. The first kappa shape index (κ1) is 18.0. The van der Waals surface area contributed by atoms with Gasteiger partial charge in [0.25, 0.3) is 0 Å². The van der Waals surface area contributed by atoms with Crippen LogP contribution in [0.4, 0.5) is 0 Å². The van der Waals surface area contributed by atoms with Gasteiger partial charge in [0, 0.05) is 38.1 Å². The number of carbonyl (C=O) groups excluding carboxylic acids is 1. The molecule has 1 aliphatic heterocycles. The number of amides is 1. The zero-order valence-electron chi connectivity index (χ0n) is 15.0. The molecule has 2 rings (SSSR count). The Morgan fingerprint density at radius 3 is 2.65 bits per heavy atom. The van der Waals surface area contributed by atoms with Crippen molar-refractivity contribution in [3.05, 3.63) is 35.9 Å². The van der Waals surface area contributed by atoms with E-state index in [1.165, 1.54) is 24.8 Å². The normalized spacial score (nSPS) is 18.7. The Hall–Kier alpha value is -1.35. The lowest BCUT2D eigenvalue weighted by atomic mass is 9.99. The van der Waals surface area contributed by atoms with E-state index in [1.54, 1.807) is 0 Å². The van der Waals surface area contributed by atoms with Crippen LogP contribution in [-0.4, -0.2) is 40.9 Å². The highest BCUT2D eigenvalue weighted by Crippen LogP contribution is 2.20. The molecule has 0 bridgehead atoms. The summed E-state index contributed by atoms with van der Waals surface area (Å²) in [6.45, 7) is 9.34. The van der Waals surface area contributed by atoms with Crippen molar-refractivity contribution in [3.8, 4) is 0 Å². The quantitative estimate of drug-likeness (QED) is 0.757. The Kier molecular flexibility index (Phi) is 7.10. The maximum atomic E-state index is 12.6. The van der Waals surface area contributed by atoms with Crippen LogP contribution in [0.25, 0.3) is 0 Å². The number of hydrogen-bond acceptors (Lipinski definition) is 2. The molecule has 1 atom stereocenters. The van der Waals surface area contributed by atoms with Gasteiger partial charge in [-0.25, -0.2) is 0 Å². The van der Waals surface area contributed by atoms with E-state index in [1.807, 2.05) is 6.07 Å². The monoisotopic (exact) mass is 316 g/mol. The van der Waals surface area contributed by atoms with E-state index in [2.05, 4.69) is 54.8 Å². The van der Waals surface area contributed by atoms with Crippen molar-refractivity contribution in [1.29, 1.82) is 0 Å². The zero-order valence-corrected chi connectivity index (χ0v) is 15.0. The predicted molar refractivity (Wildman–Crippen MR) is 96.2 cm³/mol. The van der Waals surface area contributed by atoms with Crippen molar-refractivity contribution < 1.29 is 4.79 Å². The molecule has 1 heterocycles. The minimum Gasteiger partial charge on any atom is -0.340 e. The third-order valence-electron chi connectivity index (χ3n) is 4.99. The lowest BCUT2D eigenvalue weighted by Gasteiger charge is -2.36. The Labute approximate surface area is 141 Å². The average molecular weight is 316 g/mol. The van der Waals surface area contributed by atoms with Gasteiger partial charge in [0.1, 0.15) is 0 Å². The molecule has 1 aromatic carbocycles. The third kappa shape index (κ3) is 5.35. The molecule has 0 saturated carbocycles. The lowest BCUT2D eigenvalue weighted by molar-refractivity contribution is -0.135. The van der Waals surface area contributed by atoms with Crippen molar-refractivity contribution in [2.24, 2.45) is 0 Å². The minimum absolute atomic E-state index is 0.343. The molecule has 1 fully saturated rings. The van der Waals surface area contributed by atoms with Gasteiger partial charge in [-0.05, 0) is 45.1 Å². The highest BCUT2D eigenvalue weighted by molar-refractivity contribution is 5.76. The molecule has 0 aromatic heterocycles. The molecule has 128 valence electrons. The van der Waals surface area contributed by atoms with Crippen molar-refractivity contribution in [1.82, 2.24) is 9.80 Å². The number of benzene rings is 1. The van der Waals surface area contributed by atoms with Crippen LogP contribution in [0, 0.1) is 0 Å². The molecule has 1 unspecified atom stereocenters. The van der Waals surface area contributed by atoms with E-state index in [9.17, 15) is 4.79 Å². The van der Waals surface area contributed by atoms with Crippen LogP contribution in [0.15, 0.2) is 30.3 Å². The summed E-state index contributed by atoms with van der Waals surface area (Å²) in [4.78, 5) is 17.2. The first-order chi connectivity index (χ1) is 11.1. The van der Waals surface area contributed by atoms with Crippen LogP contribution in [0.2, 0.25) is 0 Å². The Morgan fingerprint density at radius 2 is 2.00 bits per heavy atom. The van der Waals surface area contributed by atoms with Gasteiger partial charge >= 0.3 is 0 Å². The van der Waals surface area contributed by atoms with Gasteiger partial charge < -0.3 is 4.90 Å². The molecule has 0 spiro atoms. The maximum Gasteiger partial charge on any atom is 0.224 e. The van der Waals surface area contributed by atoms with Crippen LogP contribution in [0.3, 0.4) is 0 Å². The summed E-state index contributed by atoms with van der Waals surface area (Å²) in [5.74, 6) is 0.343. The van der Waals surface area contributed by atoms with Crippen LogP contribution in [0.1, 0.15) is 58.4 Å². The van der Waals surface area contributed by atoms with E-state index < -0.39 is 0 Å². The zero-order chi connectivity index (χ0) is 16.7. The lowest BCUT2D eigenvalue weighted by Crippen LogP contribution is -2.44. The average Bonchev–Trinajstić information content (AvgIpc) is 2.58. The molecular formula is C20H32N2O. The number of carbonyl (C=O) groups is 1. The first-order valence-electron chi connectivity index (χ1n) is 9.19. The van der Waals surface area contributed by atoms with Gasteiger partial charge in [0.05, 0.1) is 0 Å². The van der Waals surface area contributed by atoms with E-state index in [0.29, 0.717) is 24.4 Å². The van der Waals surface area contributed by atoms with Gasteiger partial charge in [-0.1, -0.05) is 37.3 Å². The largest absolute Gasteiger partial charge is 0.340 e. The molecule has 1 saturated heterocycles. The molecule has 0 aliphatic carbocycles. The highest BCUT2D eigenvalue weighted by atomic mass is 16.2. The second-order valence-corrected chi connectivity index (χ2v) is 6.94. The van der Waals surface area contributed by atoms with Gasteiger partial charge in [-0.3, -0.25) is 9.69 Å². The molecule has 1 aromatic rings. The summed E-state index contributed by atoms with van der Waals surface area (Å²) >= 11 is 0. The number of likely N-dealkylation sites (tertiary alicyclic amines) is 1. The molecular weight excluding hydrogens is 284 g/mol. The van der Waals surface area contributed by atoms with Crippen LogP contribution >= 0.6 is 0 Å². The summed E-state index contributed by atoms with van der Waals surface area (Å²) < 4.78 is 0. The maximum absolute atomic E-state index is 12.6. The van der Waals surface area contributed by atoms with Gasteiger partial charge in [0.2, 0.25) is 5.91 Å². The highest BCUT2D eigenvalue weighted by Gasteiger charge is 2.25. The first-order valence-corrected chi connectivity index (χ1v) is 9.19. The molecule has 0 N–H and O–H groups in total. The summed E-state index contributed by atoms with van der Waals surface area (Å²) in [5.41, 5.74) is 1.32. The van der Waals surface area contributed by atoms with Crippen molar-refractivity contribution in [3.63, 3.8) is 0 Å². The molecule has 1 amide bonds. The van der Waals surface area contributed by atoms with Crippen LogP contribution < -0.4 is 0 Å². The van der Waals surface area contributed by atoms with Gasteiger partial charge in [0.15, 0.2) is 0 Å². The minimum atomic E-state index is 0.343. The van der Waals surface area contributed by atoms with Gasteiger partial charge in [-0.15, -0.1) is 0 Å². The van der Waals surface area contributed by atoms with Crippen molar-refractivity contribution in [2.45, 2.75) is 71.5 Å². The van der Waals surface area contributed by atoms with Crippen LogP contribution in [0.5, 0.6) is 0 Å². The Morgan fingerprint density at radius 1 is 1.26 bits per heavy atom. The van der Waals surface area contributed by atoms with Crippen LogP contribution in [-0.2, 0) is 11.3 Å². The SMILES string of the molecule is CCC1CCCCN1C(=O)CCN(Cc1ccccc1)C(C)C. The molecule has 3 heteroatoms. The fraction of sp³-hybridized carbons (Fsp3) is 0.650. The number of hydrogen-bond donors (Lipinski definition) is 0. The summed E-state index contributed by atoms with van der Waals surface area (Å²) in [6.07, 6.45) is 5.35. The summed E-state index contributed by atoms with van der Waals surface area (Å²) in [5, 5.41) is 0. The van der Waals surface area contributed by atoms with Crippen molar-refractivity contribution >= 4 is 5.91 Å². The fourth-order valence-electron chi connectivity index (χ4n) is 3.47. The summed E-state index contributed by atoms with van der Waals surface area (Å²) in [6, 6.07) is 11.5. The van der Waals surface area contributed by atoms with E-state index >= 15 is 0 Å². The molecule has 1 aliphatic rings. The molecule has 3 nitrogen and oxygen atoms in total. The topological polar surface area (TPSA) is 23.6 Å². The van der Waals surface area contributed by atoms with E-state index in [-0.39, 0.29) is 0 Å². The second kappa shape index (κ2) is 9.07. The molecule has 0 radical (unpaired) electrons. The Balaban J connectivity index is 1.89. The standard InChI is InChI=1S/C20H32N2O/c1-4-19-12-8-9-14-22(19)20(23)13-15-21(17(2)3)16-18-10-6-5-7-11-18/h5-7,10-11,17,19H,4,8-9,12-16H2,1-3H3. The Bertz CT molecular complexity index is 472. The van der Waals surface area contributed by atoms with Gasteiger partial charge in [-0.2, -0.15) is 0 Å². The third-order valence-corrected chi connectivity index (χ3v) is 4.99. The van der Waals surface area contributed by atoms with Crippen molar-refractivity contribution in [2.75, 3.05) is 13.1 Å². The number of rotatable bonds is 7. The second-order valence-electron chi connectivity index (χ2n) is 6.94. The predicted octanol–water partition coefficient (Wildman–Crippen LogP) is 4.08. The van der Waals surface area contributed by atoms with E-state index in [0.717, 1.165) is 26.1 Å². The van der Waals surface area contributed by atoms with E-state index in [4.69, 9.17) is 0 Å². The molecule has 23 heavy (non-hydrogen) atoms. The fourth-order valence-corrected chi connectivity index (χ4v) is 3.47. The number of nitrogens with zero attached hydrogens (tertiary/aromatic N) is 2.